The molecule has 0 radical (unpaired) electrons. The van der Waals surface area contributed by atoms with E-state index in [-0.39, 0.29) is 11.6 Å². The first-order chi connectivity index (χ1) is 21.8. The van der Waals surface area contributed by atoms with Gasteiger partial charge in [0.2, 0.25) is 0 Å². The summed E-state index contributed by atoms with van der Waals surface area (Å²) in [7, 11) is 0. The van der Waals surface area contributed by atoms with E-state index in [4.69, 9.17) is 9.47 Å². The van der Waals surface area contributed by atoms with Gasteiger partial charge in [0.15, 0.2) is 5.60 Å². The van der Waals surface area contributed by atoms with Crippen LogP contribution < -0.4 is 9.64 Å². The number of thioether (sulfide) groups is 1. The number of ether oxygens (including phenoxy) is 2. The smallest absolute Gasteiger partial charge is 0.174 e. The highest BCUT2D eigenvalue weighted by Gasteiger charge is 2.45. The fourth-order valence-corrected chi connectivity index (χ4v) is 8.29. The first-order valence-corrected chi connectivity index (χ1v) is 16.9. The van der Waals surface area contributed by atoms with Crippen LogP contribution >= 0.6 is 11.8 Å². The van der Waals surface area contributed by atoms with E-state index in [1.54, 1.807) is 23.9 Å². The van der Waals surface area contributed by atoms with Gasteiger partial charge in [0.1, 0.15) is 17.4 Å². The van der Waals surface area contributed by atoms with Crippen LogP contribution in [-0.2, 0) is 15.8 Å². The lowest BCUT2D eigenvalue weighted by molar-refractivity contribution is 0.122. The summed E-state index contributed by atoms with van der Waals surface area (Å²) in [5, 5.41) is 1.64. The van der Waals surface area contributed by atoms with Crippen molar-refractivity contribution < 1.29 is 18.3 Å². The minimum Gasteiger partial charge on any atom is -0.473 e. The number of allylic oxidation sites excluding steroid dienone is 3. The van der Waals surface area contributed by atoms with Crippen molar-refractivity contribution in [2.45, 2.75) is 37.7 Å². The Morgan fingerprint density at radius 1 is 0.844 bits per heavy atom. The van der Waals surface area contributed by atoms with Gasteiger partial charge in [-0.3, -0.25) is 0 Å². The maximum atomic E-state index is 15.1. The maximum absolute atomic E-state index is 15.1. The Labute approximate surface area is 267 Å². The fraction of sp³-hybridized carbons (Fsp3) is 0.282. The van der Waals surface area contributed by atoms with Crippen LogP contribution in [0.1, 0.15) is 48.9 Å². The topological polar surface area (TPSA) is 21.7 Å². The van der Waals surface area contributed by atoms with E-state index < -0.39 is 11.0 Å². The molecule has 0 spiro atoms. The molecule has 228 valence electrons. The van der Waals surface area contributed by atoms with Crippen molar-refractivity contribution in [3.8, 4) is 16.9 Å². The molecular formula is C39H35F2NO2S. The Kier molecular flexibility index (Phi) is 6.74. The standard InChI is InChI=1S/C39H35F2NO2S/c1-38(2)34-23-27(41)9-15-31(34)35-30-14-8-26(40)22-33(30)37-32(36(35)38)16-17-39(44-37,25-6-12-29(45-3)13-7-25)24-4-10-28(11-5-24)42-18-20-43-21-19-42/h4-6,8-12,14-17,22-23H,7,13,18-21H2,1-3H3. The number of morpholine rings is 1. The van der Waals surface area contributed by atoms with Crippen LogP contribution in [0.25, 0.3) is 28.0 Å². The second-order valence-corrected chi connectivity index (χ2v) is 13.8. The molecule has 0 bridgehead atoms. The first kappa shape index (κ1) is 28.6. The van der Waals surface area contributed by atoms with Gasteiger partial charge in [0.05, 0.1) is 13.2 Å². The second kappa shape index (κ2) is 10.6. The number of benzene rings is 4. The molecule has 2 aliphatic carbocycles. The molecule has 6 heteroatoms. The Hall–Kier alpha value is -3.87. The second-order valence-electron chi connectivity index (χ2n) is 12.8. The molecule has 3 nitrogen and oxygen atoms in total. The fourth-order valence-electron chi connectivity index (χ4n) is 7.78. The minimum atomic E-state index is -0.869. The zero-order valence-corrected chi connectivity index (χ0v) is 26.6. The van der Waals surface area contributed by atoms with Gasteiger partial charge in [-0.05, 0) is 99.7 Å². The monoisotopic (exact) mass is 619 g/mol. The number of nitrogens with zero attached hydrogens (tertiary/aromatic N) is 1. The summed E-state index contributed by atoms with van der Waals surface area (Å²) < 4.78 is 42.6. The van der Waals surface area contributed by atoms with Crippen molar-refractivity contribution in [2.24, 2.45) is 0 Å². The third-order valence-electron chi connectivity index (χ3n) is 10.1. The predicted octanol–water partition coefficient (Wildman–Crippen LogP) is 9.53. The molecule has 2 aliphatic heterocycles. The molecule has 1 unspecified atom stereocenters. The quantitative estimate of drug-likeness (QED) is 0.227. The van der Waals surface area contributed by atoms with Crippen molar-refractivity contribution in [1.29, 1.82) is 0 Å². The lowest BCUT2D eigenvalue weighted by atomic mass is 9.75. The number of fused-ring (bicyclic) bond motifs is 8. The number of rotatable bonds is 4. The van der Waals surface area contributed by atoms with E-state index >= 15 is 4.39 Å². The molecule has 0 saturated carbocycles. The summed E-state index contributed by atoms with van der Waals surface area (Å²) in [5.74, 6) is 0.0984. The SMILES string of the molecule is CSC1=CC=C(C2(c3ccc(N4CCOCC4)cc3)C=Cc3c4c(c5ccc(F)cc5c3O2)-c2ccc(F)cc2C4(C)C)CC1. The summed E-state index contributed by atoms with van der Waals surface area (Å²) in [6.07, 6.45) is 12.7. The first-order valence-electron chi connectivity index (χ1n) is 15.7. The zero-order valence-electron chi connectivity index (χ0n) is 25.8. The van der Waals surface area contributed by atoms with E-state index in [1.165, 1.54) is 17.0 Å². The van der Waals surface area contributed by atoms with E-state index in [0.29, 0.717) is 5.75 Å². The summed E-state index contributed by atoms with van der Waals surface area (Å²) >= 11 is 1.78. The van der Waals surface area contributed by atoms with E-state index in [0.717, 1.165) is 94.6 Å². The molecule has 0 N–H and O–H groups in total. The van der Waals surface area contributed by atoms with Gasteiger partial charge < -0.3 is 14.4 Å². The van der Waals surface area contributed by atoms with Crippen molar-refractivity contribution >= 4 is 34.3 Å². The molecular weight excluding hydrogens is 584 g/mol. The predicted molar refractivity (Wildman–Crippen MR) is 181 cm³/mol. The largest absolute Gasteiger partial charge is 0.473 e. The van der Waals surface area contributed by atoms with Crippen LogP contribution in [-0.4, -0.2) is 32.6 Å². The Morgan fingerprint density at radius 3 is 2.33 bits per heavy atom. The summed E-state index contributed by atoms with van der Waals surface area (Å²) in [4.78, 5) is 3.69. The van der Waals surface area contributed by atoms with Gasteiger partial charge in [-0.15, -0.1) is 11.8 Å². The molecule has 0 aromatic heterocycles. The number of hydrogen-bond donors (Lipinski definition) is 0. The highest BCUT2D eigenvalue weighted by atomic mass is 32.2. The molecule has 1 saturated heterocycles. The minimum absolute atomic E-state index is 0.257. The van der Waals surface area contributed by atoms with Gasteiger partial charge in [0, 0.05) is 40.7 Å². The molecule has 4 aromatic rings. The average Bonchev–Trinajstić information content (AvgIpc) is 3.31. The normalized spacial score (nSPS) is 21.5. The molecule has 8 rings (SSSR count). The lowest BCUT2D eigenvalue weighted by Crippen LogP contribution is -2.37. The van der Waals surface area contributed by atoms with Gasteiger partial charge >= 0.3 is 0 Å². The molecule has 45 heavy (non-hydrogen) atoms. The van der Waals surface area contributed by atoms with E-state index in [9.17, 15) is 4.39 Å². The van der Waals surface area contributed by atoms with Crippen LogP contribution in [0.5, 0.6) is 5.75 Å². The Balaban J connectivity index is 1.35. The highest BCUT2D eigenvalue weighted by Crippen LogP contribution is 2.58. The third kappa shape index (κ3) is 4.40. The van der Waals surface area contributed by atoms with E-state index in [1.807, 2.05) is 12.1 Å². The van der Waals surface area contributed by atoms with Gasteiger partial charge in [0.25, 0.3) is 0 Å². The Morgan fingerprint density at radius 2 is 1.60 bits per heavy atom. The van der Waals surface area contributed by atoms with Crippen LogP contribution in [0.3, 0.4) is 0 Å². The van der Waals surface area contributed by atoms with Gasteiger partial charge in [-0.25, -0.2) is 8.78 Å². The summed E-state index contributed by atoms with van der Waals surface area (Å²) in [6.45, 7) is 7.48. The van der Waals surface area contributed by atoms with Crippen molar-refractivity contribution in [2.75, 3.05) is 37.5 Å². The average molecular weight is 620 g/mol. The van der Waals surface area contributed by atoms with Crippen molar-refractivity contribution in [3.63, 3.8) is 0 Å². The van der Waals surface area contributed by atoms with Crippen LogP contribution in [0.15, 0.2) is 89.4 Å². The number of anilines is 1. The van der Waals surface area contributed by atoms with Crippen LogP contribution in [0.4, 0.5) is 14.5 Å². The molecule has 2 heterocycles. The van der Waals surface area contributed by atoms with E-state index in [2.05, 4.69) is 73.6 Å². The Bertz CT molecular complexity index is 1950. The maximum Gasteiger partial charge on any atom is 0.174 e. The molecule has 1 atom stereocenters. The molecule has 0 amide bonds. The number of halogens is 2. The molecule has 4 aromatic carbocycles. The van der Waals surface area contributed by atoms with Crippen molar-refractivity contribution in [3.05, 3.63) is 123 Å². The lowest BCUT2D eigenvalue weighted by Gasteiger charge is -2.40. The number of hydrogen-bond acceptors (Lipinski definition) is 4. The van der Waals surface area contributed by atoms with Crippen molar-refractivity contribution in [1.82, 2.24) is 0 Å². The summed E-state index contributed by atoms with van der Waals surface area (Å²) in [5.41, 5.74) is 6.99. The highest BCUT2D eigenvalue weighted by molar-refractivity contribution is 8.02. The van der Waals surface area contributed by atoms with Gasteiger partial charge in [-0.2, -0.15) is 0 Å². The van der Waals surface area contributed by atoms with Crippen LogP contribution in [0, 0.1) is 11.6 Å². The molecule has 1 fully saturated rings. The molecule has 4 aliphatic rings. The third-order valence-corrected chi connectivity index (χ3v) is 10.9. The van der Waals surface area contributed by atoms with Crippen LogP contribution in [0.2, 0.25) is 0 Å². The zero-order chi connectivity index (χ0) is 30.9. The summed E-state index contributed by atoms with van der Waals surface area (Å²) in [6, 6.07) is 18.7. The van der Waals surface area contributed by atoms with Gasteiger partial charge in [-0.1, -0.05) is 56.3 Å².